The molecule has 4 nitrogen and oxygen atoms in total. The highest BCUT2D eigenvalue weighted by Crippen LogP contribution is 2.32. The summed E-state index contributed by atoms with van der Waals surface area (Å²) < 4.78 is 26.3. The van der Waals surface area contributed by atoms with Gasteiger partial charge in [-0.05, 0) is 44.0 Å². The second kappa shape index (κ2) is 6.14. The van der Waals surface area contributed by atoms with E-state index in [1.165, 1.54) is 5.56 Å². The molecule has 1 atom stereocenters. The van der Waals surface area contributed by atoms with Gasteiger partial charge >= 0.3 is 0 Å². The van der Waals surface area contributed by atoms with E-state index in [1.807, 2.05) is 26.1 Å². The van der Waals surface area contributed by atoms with Crippen LogP contribution in [-0.2, 0) is 16.4 Å². The van der Waals surface area contributed by atoms with Crippen LogP contribution in [0, 0.1) is 0 Å². The van der Waals surface area contributed by atoms with E-state index in [1.54, 1.807) is 4.31 Å². The van der Waals surface area contributed by atoms with Crippen molar-refractivity contribution in [1.82, 2.24) is 5.32 Å². The summed E-state index contributed by atoms with van der Waals surface area (Å²) in [6.45, 7) is 4.70. The van der Waals surface area contributed by atoms with Crippen LogP contribution in [0.3, 0.4) is 0 Å². The van der Waals surface area contributed by atoms with Crippen molar-refractivity contribution < 1.29 is 8.42 Å². The van der Waals surface area contributed by atoms with Gasteiger partial charge < -0.3 is 5.32 Å². The number of hydrogen-bond donors (Lipinski definition) is 1. The molecular formula is C15H24N2O2S. The molecule has 1 aliphatic rings. The van der Waals surface area contributed by atoms with Gasteiger partial charge in [-0.15, -0.1) is 0 Å². The number of fused-ring (bicyclic) bond motifs is 1. The van der Waals surface area contributed by atoms with E-state index >= 15 is 0 Å². The Morgan fingerprint density at radius 2 is 2.15 bits per heavy atom. The van der Waals surface area contributed by atoms with Crippen LogP contribution in [0.25, 0.3) is 0 Å². The molecule has 112 valence electrons. The molecule has 0 spiro atoms. The Labute approximate surface area is 122 Å². The lowest BCUT2D eigenvalue weighted by molar-refractivity contribution is 0.589. The van der Waals surface area contributed by atoms with Crippen LogP contribution < -0.4 is 9.62 Å². The molecule has 0 saturated heterocycles. The predicted octanol–water partition coefficient (Wildman–Crippen LogP) is 2.46. The lowest BCUT2D eigenvalue weighted by atomic mass is 10.0. The maximum Gasteiger partial charge on any atom is 0.235 e. The minimum atomic E-state index is -3.16. The van der Waals surface area contributed by atoms with Gasteiger partial charge in [-0.2, -0.15) is 0 Å². The first-order valence-corrected chi connectivity index (χ1v) is 8.91. The summed E-state index contributed by atoms with van der Waals surface area (Å²) in [6, 6.07) is 6.39. The Balaban J connectivity index is 2.26. The summed E-state index contributed by atoms with van der Waals surface area (Å²) in [5, 5.41) is 3.21. The average Bonchev–Trinajstić information content (AvgIpc) is 2.88. The third kappa shape index (κ3) is 2.99. The van der Waals surface area contributed by atoms with Gasteiger partial charge in [-0.3, -0.25) is 4.31 Å². The van der Waals surface area contributed by atoms with Crippen LogP contribution in [0.4, 0.5) is 5.69 Å². The van der Waals surface area contributed by atoms with E-state index in [9.17, 15) is 8.42 Å². The molecule has 1 aromatic rings. The normalized spacial score (nSPS) is 16.2. The number of unbranched alkanes of at least 4 members (excludes halogenated alkanes) is 1. The van der Waals surface area contributed by atoms with Crippen LogP contribution in [0.2, 0.25) is 0 Å². The minimum Gasteiger partial charge on any atom is -0.313 e. The molecule has 0 aromatic heterocycles. The predicted molar refractivity (Wildman–Crippen MR) is 83.7 cm³/mol. The minimum absolute atomic E-state index is 0.248. The molecule has 1 aliphatic heterocycles. The van der Waals surface area contributed by atoms with Crippen LogP contribution in [-0.4, -0.2) is 27.8 Å². The molecule has 1 aromatic carbocycles. The fourth-order valence-electron chi connectivity index (χ4n) is 2.55. The second-order valence-electron chi connectivity index (χ2n) is 5.39. The zero-order valence-corrected chi connectivity index (χ0v) is 13.3. The summed E-state index contributed by atoms with van der Waals surface area (Å²) in [5.41, 5.74) is 3.22. The lowest BCUT2D eigenvalue weighted by Gasteiger charge is -2.20. The van der Waals surface area contributed by atoms with Gasteiger partial charge in [0.05, 0.1) is 11.4 Å². The Bertz CT molecular complexity index is 569. The zero-order chi connectivity index (χ0) is 14.8. The van der Waals surface area contributed by atoms with Crippen LogP contribution in [0.15, 0.2) is 18.2 Å². The Hall–Kier alpha value is -1.07. The van der Waals surface area contributed by atoms with E-state index in [4.69, 9.17) is 0 Å². The molecule has 1 unspecified atom stereocenters. The maximum atomic E-state index is 12.3. The van der Waals surface area contributed by atoms with Crippen LogP contribution in [0.5, 0.6) is 0 Å². The molecule has 20 heavy (non-hydrogen) atoms. The molecule has 1 heterocycles. The van der Waals surface area contributed by atoms with Gasteiger partial charge in [0.25, 0.3) is 0 Å². The van der Waals surface area contributed by atoms with Crippen LogP contribution in [0.1, 0.15) is 43.9 Å². The topological polar surface area (TPSA) is 49.4 Å². The van der Waals surface area contributed by atoms with Crippen molar-refractivity contribution in [3.05, 3.63) is 29.3 Å². The number of sulfonamides is 1. The number of benzene rings is 1. The van der Waals surface area contributed by atoms with Crippen molar-refractivity contribution in [2.24, 2.45) is 0 Å². The third-order valence-corrected chi connectivity index (χ3v) is 5.84. The van der Waals surface area contributed by atoms with Gasteiger partial charge in [0.1, 0.15) is 0 Å². The molecule has 0 radical (unpaired) electrons. The summed E-state index contributed by atoms with van der Waals surface area (Å²) in [5.74, 6) is 0.248. The summed E-state index contributed by atoms with van der Waals surface area (Å²) in [7, 11) is -1.23. The van der Waals surface area contributed by atoms with E-state index < -0.39 is 10.0 Å². The molecule has 0 amide bonds. The molecule has 0 aliphatic carbocycles. The highest BCUT2D eigenvalue weighted by Gasteiger charge is 2.29. The molecule has 0 bridgehead atoms. The van der Waals surface area contributed by atoms with Gasteiger partial charge in [0.15, 0.2) is 0 Å². The fraction of sp³-hybridized carbons (Fsp3) is 0.600. The van der Waals surface area contributed by atoms with Crippen LogP contribution >= 0.6 is 0 Å². The van der Waals surface area contributed by atoms with E-state index in [2.05, 4.69) is 18.3 Å². The van der Waals surface area contributed by atoms with Gasteiger partial charge in [-0.25, -0.2) is 8.42 Å². The van der Waals surface area contributed by atoms with Crippen molar-refractivity contribution in [3.8, 4) is 0 Å². The number of hydrogen-bond acceptors (Lipinski definition) is 3. The maximum absolute atomic E-state index is 12.3. The molecular weight excluding hydrogens is 272 g/mol. The Kier molecular flexibility index (Phi) is 4.70. The lowest BCUT2D eigenvalue weighted by Crippen LogP contribution is -2.31. The first-order valence-electron chi connectivity index (χ1n) is 7.30. The van der Waals surface area contributed by atoms with E-state index in [0.29, 0.717) is 6.54 Å². The molecule has 1 N–H and O–H groups in total. The van der Waals surface area contributed by atoms with Gasteiger partial charge in [0.2, 0.25) is 10.0 Å². The van der Waals surface area contributed by atoms with Crippen molar-refractivity contribution in [2.75, 3.05) is 23.7 Å². The van der Waals surface area contributed by atoms with Gasteiger partial charge in [-0.1, -0.05) is 25.5 Å². The Morgan fingerprint density at radius 1 is 1.40 bits per heavy atom. The second-order valence-corrected chi connectivity index (χ2v) is 7.40. The first-order chi connectivity index (χ1) is 9.49. The standard InChI is InChI=1S/C15H24N2O2S/c1-4-5-10-20(18,19)17-9-8-14-11-13(12(2)16-3)6-7-15(14)17/h6-7,11-12,16H,4-5,8-10H2,1-3H3. The number of rotatable bonds is 6. The largest absolute Gasteiger partial charge is 0.313 e. The number of nitrogens with zero attached hydrogens (tertiary/aromatic N) is 1. The van der Waals surface area contributed by atoms with Crippen molar-refractivity contribution in [1.29, 1.82) is 0 Å². The Morgan fingerprint density at radius 3 is 2.80 bits per heavy atom. The van der Waals surface area contributed by atoms with Crippen molar-refractivity contribution in [2.45, 2.75) is 39.2 Å². The first kappa shape index (κ1) is 15.3. The monoisotopic (exact) mass is 296 g/mol. The highest BCUT2D eigenvalue weighted by molar-refractivity contribution is 7.92. The number of anilines is 1. The summed E-state index contributed by atoms with van der Waals surface area (Å²) in [6.07, 6.45) is 2.44. The summed E-state index contributed by atoms with van der Waals surface area (Å²) >= 11 is 0. The molecule has 0 saturated carbocycles. The fourth-order valence-corrected chi connectivity index (χ4v) is 4.27. The third-order valence-electron chi connectivity index (χ3n) is 3.98. The van der Waals surface area contributed by atoms with Crippen molar-refractivity contribution in [3.63, 3.8) is 0 Å². The average molecular weight is 296 g/mol. The van der Waals surface area contributed by atoms with Crippen molar-refractivity contribution >= 4 is 15.7 Å². The molecule has 5 heteroatoms. The zero-order valence-electron chi connectivity index (χ0n) is 12.5. The van der Waals surface area contributed by atoms with E-state index in [-0.39, 0.29) is 11.8 Å². The molecule has 0 fully saturated rings. The number of nitrogens with one attached hydrogen (secondary N) is 1. The smallest absolute Gasteiger partial charge is 0.235 e. The van der Waals surface area contributed by atoms with Gasteiger partial charge in [0, 0.05) is 12.6 Å². The molecule has 2 rings (SSSR count). The highest BCUT2D eigenvalue weighted by atomic mass is 32.2. The SMILES string of the molecule is CCCCS(=O)(=O)N1CCc2cc(C(C)NC)ccc21. The van der Waals surface area contributed by atoms with E-state index in [0.717, 1.165) is 30.5 Å². The quantitative estimate of drug-likeness (QED) is 0.877. The summed E-state index contributed by atoms with van der Waals surface area (Å²) in [4.78, 5) is 0.